The van der Waals surface area contributed by atoms with Gasteiger partial charge in [0.1, 0.15) is 11.5 Å². The summed E-state index contributed by atoms with van der Waals surface area (Å²) in [5.74, 6) is -0.569. The molecule has 0 unspecified atom stereocenters. The minimum Gasteiger partial charge on any atom is -0.496 e. The number of hydrogen-bond donors (Lipinski definition) is 1. The van der Waals surface area contributed by atoms with Crippen LogP contribution in [0.25, 0.3) is 17.2 Å². The normalized spacial score (nSPS) is 19.9. The zero-order valence-corrected chi connectivity index (χ0v) is 20.9. The van der Waals surface area contributed by atoms with E-state index in [1.54, 1.807) is 6.07 Å². The van der Waals surface area contributed by atoms with Crippen LogP contribution in [0.1, 0.15) is 57.2 Å². The third-order valence-electron chi connectivity index (χ3n) is 6.63. The Kier molecular flexibility index (Phi) is 6.20. The maximum atomic E-state index is 13.4. The van der Waals surface area contributed by atoms with Crippen LogP contribution < -0.4 is 14.8 Å². The molecule has 0 bridgehead atoms. The summed E-state index contributed by atoms with van der Waals surface area (Å²) in [7, 11) is 1.49. The summed E-state index contributed by atoms with van der Waals surface area (Å²) in [5, 5.41) is 1.59. The minimum atomic E-state index is -4.93. The predicted molar refractivity (Wildman–Crippen MR) is 130 cm³/mol. The number of ether oxygens (including phenoxy) is 2. The maximum Gasteiger partial charge on any atom is 0.573 e. The first-order chi connectivity index (χ1) is 16.2. The molecule has 35 heavy (non-hydrogen) atoms. The maximum absolute atomic E-state index is 13.4. The van der Waals surface area contributed by atoms with Crippen molar-refractivity contribution in [2.24, 2.45) is 0 Å². The van der Waals surface area contributed by atoms with Gasteiger partial charge in [0.15, 0.2) is 0 Å². The van der Waals surface area contributed by atoms with Gasteiger partial charge in [-0.25, -0.2) is 0 Å². The first kappa shape index (κ1) is 25.2. The van der Waals surface area contributed by atoms with E-state index in [9.17, 15) is 22.8 Å². The number of hydrogen-bond acceptors (Lipinski definition) is 5. The van der Waals surface area contributed by atoms with Crippen molar-refractivity contribution in [3.63, 3.8) is 0 Å². The van der Waals surface area contributed by atoms with E-state index >= 15 is 0 Å². The van der Waals surface area contributed by atoms with Crippen LogP contribution in [0.3, 0.4) is 0 Å². The first-order valence-electron chi connectivity index (χ1n) is 11.1. The lowest BCUT2D eigenvalue weighted by Crippen LogP contribution is -2.33. The van der Waals surface area contributed by atoms with E-state index in [1.165, 1.54) is 25.3 Å². The van der Waals surface area contributed by atoms with Gasteiger partial charge in [-0.2, -0.15) is 0 Å². The number of rotatable bonds is 4. The van der Waals surface area contributed by atoms with Crippen LogP contribution >= 0.6 is 11.8 Å². The zero-order valence-electron chi connectivity index (χ0n) is 20.1. The summed E-state index contributed by atoms with van der Waals surface area (Å²) < 4.78 is 50.2. The standard InChI is InChI=1S/C26H26F3NO4S/c1-24(2)8-9-25(3,4)18-13-19(33-5)16(12-17(18)24)15-7-6-14(10-20(15)34-26(27,28)29)11-21-22(31)30-23(32)35-21/h6-7,10-13H,8-9H2,1-5H3,(H,30,31,32)/b21-11-. The molecule has 2 amide bonds. The molecule has 2 aromatic rings. The van der Waals surface area contributed by atoms with Crippen molar-refractivity contribution in [3.05, 3.63) is 51.9 Å². The van der Waals surface area contributed by atoms with E-state index < -0.39 is 23.3 Å². The third kappa shape index (κ3) is 5.05. The van der Waals surface area contributed by atoms with Gasteiger partial charge in [-0.15, -0.1) is 13.2 Å². The summed E-state index contributed by atoms with van der Waals surface area (Å²) in [6.45, 7) is 8.57. The van der Waals surface area contributed by atoms with Gasteiger partial charge in [-0.3, -0.25) is 14.9 Å². The molecule has 1 fully saturated rings. The minimum absolute atomic E-state index is 0.0936. The topological polar surface area (TPSA) is 64.6 Å². The largest absolute Gasteiger partial charge is 0.573 e. The summed E-state index contributed by atoms with van der Waals surface area (Å²) in [6, 6.07) is 8.13. The molecular weight excluding hydrogens is 479 g/mol. The highest BCUT2D eigenvalue weighted by molar-refractivity contribution is 8.18. The number of halogens is 3. The summed E-state index contributed by atoms with van der Waals surface area (Å²) in [4.78, 5) is 23.4. The molecule has 0 aromatic heterocycles. The molecule has 186 valence electrons. The highest BCUT2D eigenvalue weighted by atomic mass is 32.2. The molecule has 1 aliphatic heterocycles. The summed E-state index contributed by atoms with van der Waals surface area (Å²) in [6.07, 6.45) is -1.66. The van der Waals surface area contributed by atoms with Crippen LogP contribution in [-0.4, -0.2) is 24.6 Å². The van der Waals surface area contributed by atoms with Crippen LogP contribution in [-0.2, 0) is 15.6 Å². The number of amides is 2. The van der Waals surface area contributed by atoms with Crippen LogP contribution in [0.15, 0.2) is 35.2 Å². The van der Waals surface area contributed by atoms with Gasteiger partial charge >= 0.3 is 6.36 Å². The highest BCUT2D eigenvalue weighted by Crippen LogP contribution is 2.50. The number of methoxy groups -OCH3 is 1. The number of nitrogens with one attached hydrogen (secondary N) is 1. The van der Waals surface area contributed by atoms with E-state index in [0.717, 1.165) is 24.0 Å². The van der Waals surface area contributed by atoms with Crippen molar-refractivity contribution in [1.82, 2.24) is 5.32 Å². The van der Waals surface area contributed by atoms with Gasteiger partial charge in [0.05, 0.1) is 12.0 Å². The Morgan fingerprint density at radius 3 is 2.11 bits per heavy atom. The summed E-state index contributed by atoms with van der Waals surface area (Å²) >= 11 is 0.688. The second-order valence-electron chi connectivity index (χ2n) is 10.0. The SMILES string of the molecule is COc1cc2c(cc1-c1ccc(/C=C3\SC(=O)NC3=O)cc1OC(F)(F)F)C(C)(C)CCC2(C)C. The molecule has 0 radical (unpaired) electrons. The average molecular weight is 506 g/mol. The van der Waals surface area contributed by atoms with Crippen molar-refractivity contribution in [2.75, 3.05) is 7.11 Å². The zero-order chi connectivity index (χ0) is 25.8. The molecule has 1 saturated heterocycles. The lowest BCUT2D eigenvalue weighted by atomic mass is 9.62. The van der Waals surface area contributed by atoms with E-state index in [4.69, 9.17) is 4.74 Å². The van der Waals surface area contributed by atoms with Gasteiger partial charge < -0.3 is 9.47 Å². The lowest BCUT2D eigenvalue weighted by molar-refractivity contribution is -0.274. The molecule has 2 aromatic carbocycles. The molecule has 9 heteroatoms. The van der Waals surface area contributed by atoms with Crippen LogP contribution in [0.2, 0.25) is 0 Å². The van der Waals surface area contributed by atoms with E-state index in [1.807, 2.05) is 12.1 Å². The second-order valence-corrected chi connectivity index (χ2v) is 11.0. The fourth-order valence-corrected chi connectivity index (χ4v) is 5.29. The quantitative estimate of drug-likeness (QED) is 0.457. The highest BCUT2D eigenvalue weighted by Gasteiger charge is 2.39. The van der Waals surface area contributed by atoms with Crippen molar-refractivity contribution in [3.8, 4) is 22.6 Å². The first-order valence-corrected chi connectivity index (χ1v) is 11.9. The molecule has 4 rings (SSSR count). The van der Waals surface area contributed by atoms with Crippen molar-refractivity contribution in [2.45, 2.75) is 57.7 Å². The molecule has 0 saturated carbocycles. The van der Waals surface area contributed by atoms with E-state index in [0.29, 0.717) is 28.6 Å². The van der Waals surface area contributed by atoms with Crippen LogP contribution in [0, 0.1) is 0 Å². The predicted octanol–water partition coefficient (Wildman–Crippen LogP) is 6.93. The fraction of sp³-hybridized carbons (Fsp3) is 0.385. The Hall–Kier alpha value is -2.94. The van der Waals surface area contributed by atoms with Crippen molar-refractivity contribution in [1.29, 1.82) is 0 Å². The Balaban J connectivity index is 1.90. The van der Waals surface area contributed by atoms with Gasteiger partial charge in [-0.05, 0) is 82.5 Å². The Morgan fingerprint density at radius 1 is 0.943 bits per heavy atom. The number of imide groups is 1. The van der Waals surface area contributed by atoms with Crippen molar-refractivity contribution >= 4 is 29.0 Å². The Bertz CT molecular complexity index is 1250. The molecule has 1 heterocycles. The molecule has 0 spiro atoms. The molecule has 2 aliphatic rings. The Labute approximate surface area is 206 Å². The van der Waals surface area contributed by atoms with Crippen LogP contribution in [0.4, 0.5) is 18.0 Å². The van der Waals surface area contributed by atoms with E-state index in [-0.39, 0.29) is 21.3 Å². The number of alkyl halides is 3. The number of thioether (sulfide) groups is 1. The summed E-state index contributed by atoms with van der Waals surface area (Å²) in [5.41, 5.74) is 2.89. The Morgan fingerprint density at radius 2 is 1.57 bits per heavy atom. The average Bonchev–Trinajstić information content (AvgIpc) is 3.06. The smallest absolute Gasteiger partial charge is 0.496 e. The fourth-order valence-electron chi connectivity index (χ4n) is 4.61. The lowest BCUT2D eigenvalue weighted by Gasteiger charge is -2.42. The monoisotopic (exact) mass is 505 g/mol. The number of benzene rings is 2. The molecule has 1 N–H and O–H groups in total. The van der Waals surface area contributed by atoms with Crippen LogP contribution in [0.5, 0.6) is 11.5 Å². The number of carbonyl (C=O) groups excluding carboxylic acids is 2. The molecule has 5 nitrogen and oxygen atoms in total. The van der Waals surface area contributed by atoms with Gasteiger partial charge in [0, 0.05) is 11.1 Å². The molecular formula is C26H26F3NO4S. The number of fused-ring (bicyclic) bond motifs is 1. The molecule has 1 aliphatic carbocycles. The van der Waals surface area contributed by atoms with E-state index in [2.05, 4.69) is 37.7 Å². The molecule has 0 atom stereocenters. The number of carbonyl (C=O) groups is 2. The second kappa shape index (κ2) is 8.62. The van der Waals surface area contributed by atoms with Gasteiger partial charge in [-0.1, -0.05) is 33.8 Å². The van der Waals surface area contributed by atoms with Gasteiger partial charge in [0.25, 0.3) is 11.1 Å². The van der Waals surface area contributed by atoms with Crippen molar-refractivity contribution < 1.29 is 32.2 Å². The van der Waals surface area contributed by atoms with Gasteiger partial charge in [0.2, 0.25) is 0 Å². The third-order valence-corrected chi connectivity index (χ3v) is 7.44.